The van der Waals surface area contributed by atoms with Gasteiger partial charge in [0.05, 0.1) is 7.11 Å². The smallest absolute Gasteiger partial charge is 0.268 e. The molecule has 2 rings (SSSR count). The molecule has 0 saturated heterocycles. The highest BCUT2D eigenvalue weighted by atomic mass is 32.2. The number of sulfone groups is 1. The van der Waals surface area contributed by atoms with E-state index in [0.717, 1.165) is 6.26 Å². The summed E-state index contributed by atoms with van der Waals surface area (Å²) >= 11 is 0.677. The van der Waals surface area contributed by atoms with E-state index in [2.05, 4.69) is 22.1 Å². The SMILES string of the molecule is C=CCc1cc(/C=C(/C#N)C(=O)Nc2nnc(S(C)(=O)=O)s2)cc(OC)c1O. The molecular formula is C17H16N4O5S2. The second-order valence-corrected chi connectivity index (χ2v) is 8.66. The van der Waals surface area contributed by atoms with Crippen LogP contribution in [0.15, 0.2) is 34.7 Å². The summed E-state index contributed by atoms with van der Waals surface area (Å²) in [6, 6.07) is 4.84. The van der Waals surface area contributed by atoms with Crippen LogP contribution in [-0.2, 0) is 21.1 Å². The average molecular weight is 420 g/mol. The Labute approximate surface area is 165 Å². The molecule has 146 valence electrons. The Hall–Kier alpha value is -3.23. The number of hydrogen-bond acceptors (Lipinski definition) is 9. The van der Waals surface area contributed by atoms with Gasteiger partial charge in [-0.1, -0.05) is 17.4 Å². The number of nitriles is 1. The van der Waals surface area contributed by atoms with E-state index >= 15 is 0 Å². The van der Waals surface area contributed by atoms with E-state index in [1.807, 2.05) is 0 Å². The fourth-order valence-corrected chi connectivity index (χ4v) is 3.63. The Morgan fingerprint density at radius 2 is 2.18 bits per heavy atom. The Morgan fingerprint density at radius 1 is 1.46 bits per heavy atom. The molecule has 0 aliphatic rings. The van der Waals surface area contributed by atoms with E-state index in [1.54, 1.807) is 18.2 Å². The predicted molar refractivity (Wildman–Crippen MR) is 104 cm³/mol. The lowest BCUT2D eigenvalue weighted by Gasteiger charge is -2.09. The molecule has 11 heteroatoms. The quantitative estimate of drug-likeness (QED) is 0.299. The molecule has 0 spiro atoms. The van der Waals surface area contributed by atoms with Crippen LogP contribution in [0.1, 0.15) is 11.1 Å². The lowest BCUT2D eigenvalue weighted by atomic mass is 10.0. The third kappa shape index (κ3) is 4.93. The molecule has 0 bridgehead atoms. The fraction of sp³-hybridized carbons (Fsp3) is 0.176. The minimum Gasteiger partial charge on any atom is -0.504 e. The first kappa shape index (κ1) is 21.1. The molecule has 0 saturated carbocycles. The van der Waals surface area contributed by atoms with Gasteiger partial charge in [-0.3, -0.25) is 10.1 Å². The number of aromatic nitrogens is 2. The van der Waals surface area contributed by atoms with E-state index < -0.39 is 15.7 Å². The van der Waals surface area contributed by atoms with Crippen molar-refractivity contribution in [3.05, 3.63) is 41.5 Å². The normalized spacial score (nSPS) is 11.5. The number of nitrogens with zero attached hydrogens (tertiary/aromatic N) is 3. The van der Waals surface area contributed by atoms with Gasteiger partial charge in [-0.15, -0.1) is 16.8 Å². The molecule has 28 heavy (non-hydrogen) atoms. The number of benzene rings is 1. The molecule has 0 aliphatic heterocycles. The molecule has 0 atom stereocenters. The van der Waals surface area contributed by atoms with Crippen molar-refractivity contribution >= 4 is 38.3 Å². The summed E-state index contributed by atoms with van der Waals surface area (Å²) in [7, 11) is -2.16. The van der Waals surface area contributed by atoms with Crippen molar-refractivity contribution in [1.82, 2.24) is 10.2 Å². The zero-order chi connectivity index (χ0) is 20.9. The number of hydrogen-bond donors (Lipinski definition) is 2. The Balaban J connectivity index is 2.34. The van der Waals surface area contributed by atoms with E-state index in [4.69, 9.17) is 4.74 Å². The molecule has 0 radical (unpaired) electrons. The number of carbonyl (C=O) groups is 1. The van der Waals surface area contributed by atoms with Crippen LogP contribution in [0, 0.1) is 11.3 Å². The van der Waals surface area contributed by atoms with Crippen LogP contribution >= 0.6 is 11.3 Å². The summed E-state index contributed by atoms with van der Waals surface area (Å²) < 4.78 is 27.7. The number of phenolic OH excluding ortho intramolecular Hbond substituents is 1. The maximum atomic E-state index is 12.3. The van der Waals surface area contributed by atoms with E-state index in [9.17, 15) is 23.6 Å². The van der Waals surface area contributed by atoms with E-state index in [-0.39, 0.29) is 26.5 Å². The van der Waals surface area contributed by atoms with Gasteiger partial charge >= 0.3 is 0 Å². The highest BCUT2D eigenvalue weighted by Gasteiger charge is 2.18. The van der Waals surface area contributed by atoms with Crippen molar-refractivity contribution in [2.24, 2.45) is 0 Å². The van der Waals surface area contributed by atoms with Crippen molar-refractivity contribution in [3.8, 4) is 17.6 Å². The van der Waals surface area contributed by atoms with Gasteiger partial charge in [-0.2, -0.15) is 5.26 Å². The van der Waals surface area contributed by atoms with Gasteiger partial charge < -0.3 is 9.84 Å². The average Bonchev–Trinajstić information content (AvgIpc) is 3.11. The van der Waals surface area contributed by atoms with Gasteiger partial charge in [0.2, 0.25) is 19.3 Å². The molecule has 0 aliphatic carbocycles. The fourth-order valence-electron chi connectivity index (χ4n) is 2.13. The number of carbonyl (C=O) groups excluding carboxylic acids is 1. The van der Waals surface area contributed by atoms with Crippen molar-refractivity contribution in [2.45, 2.75) is 10.8 Å². The molecular weight excluding hydrogens is 404 g/mol. The molecule has 1 heterocycles. The molecule has 1 aromatic heterocycles. The number of allylic oxidation sites excluding steroid dienone is 1. The maximum absolute atomic E-state index is 12.3. The summed E-state index contributed by atoms with van der Waals surface area (Å²) in [6.07, 6.45) is 4.23. The summed E-state index contributed by atoms with van der Waals surface area (Å²) in [5.74, 6) is -0.647. The Bertz CT molecular complexity index is 1100. The summed E-state index contributed by atoms with van der Waals surface area (Å²) in [4.78, 5) is 12.3. The number of amides is 1. The van der Waals surface area contributed by atoms with Crippen molar-refractivity contribution in [2.75, 3.05) is 18.7 Å². The third-order valence-electron chi connectivity index (χ3n) is 3.38. The summed E-state index contributed by atoms with van der Waals surface area (Å²) in [5.41, 5.74) is 0.709. The number of rotatable bonds is 7. The lowest BCUT2D eigenvalue weighted by molar-refractivity contribution is -0.112. The predicted octanol–water partition coefficient (Wildman–Crippen LogP) is 1.93. The van der Waals surface area contributed by atoms with Gasteiger partial charge in [0.1, 0.15) is 11.6 Å². The first-order chi connectivity index (χ1) is 13.2. The molecule has 2 aromatic rings. The second kappa shape index (κ2) is 8.64. The lowest BCUT2D eigenvalue weighted by Crippen LogP contribution is -2.13. The number of aromatic hydroxyl groups is 1. The molecule has 0 fully saturated rings. The highest BCUT2D eigenvalue weighted by Crippen LogP contribution is 2.33. The Morgan fingerprint density at radius 3 is 2.71 bits per heavy atom. The van der Waals surface area contributed by atoms with Crippen molar-refractivity contribution in [3.63, 3.8) is 0 Å². The number of methoxy groups -OCH3 is 1. The largest absolute Gasteiger partial charge is 0.504 e. The molecule has 2 N–H and O–H groups in total. The van der Waals surface area contributed by atoms with Gasteiger partial charge in [0.15, 0.2) is 11.5 Å². The molecule has 1 aromatic carbocycles. The minimum absolute atomic E-state index is 0.0512. The number of phenols is 1. The monoisotopic (exact) mass is 420 g/mol. The van der Waals surface area contributed by atoms with Crippen molar-refractivity contribution < 1.29 is 23.1 Å². The first-order valence-corrected chi connectivity index (χ1v) is 10.4. The third-order valence-corrected chi connectivity index (χ3v) is 5.89. The summed E-state index contributed by atoms with van der Waals surface area (Å²) in [6.45, 7) is 3.62. The van der Waals surface area contributed by atoms with Gasteiger partial charge in [-0.25, -0.2) is 8.42 Å². The van der Waals surface area contributed by atoms with Crippen LogP contribution in [0.25, 0.3) is 6.08 Å². The maximum Gasteiger partial charge on any atom is 0.268 e. The van der Waals surface area contributed by atoms with Crippen LogP contribution in [0.4, 0.5) is 5.13 Å². The van der Waals surface area contributed by atoms with Crippen LogP contribution in [-0.4, -0.2) is 43.0 Å². The van der Waals surface area contributed by atoms with Crippen LogP contribution in [0.2, 0.25) is 0 Å². The van der Waals surface area contributed by atoms with Crippen molar-refractivity contribution in [1.29, 1.82) is 5.26 Å². The van der Waals surface area contributed by atoms with Crippen LogP contribution in [0.5, 0.6) is 11.5 Å². The Kier molecular flexibility index (Phi) is 6.50. The number of nitrogens with one attached hydrogen (secondary N) is 1. The van der Waals surface area contributed by atoms with Gasteiger partial charge in [0.25, 0.3) is 5.91 Å². The number of anilines is 1. The topological polar surface area (TPSA) is 142 Å². The van der Waals surface area contributed by atoms with Gasteiger partial charge in [0, 0.05) is 11.8 Å². The second-order valence-electron chi connectivity index (χ2n) is 5.49. The van der Waals surface area contributed by atoms with Crippen LogP contribution < -0.4 is 10.1 Å². The number of ether oxygens (including phenoxy) is 1. The molecule has 9 nitrogen and oxygen atoms in total. The highest BCUT2D eigenvalue weighted by molar-refractivity contribution is 7.92. The van der Waals surface area contributed by atoms with E-state index in [0.29, 0.717) is 28.9 Å². The molecule has 1 amide bonds. The minimum atomic E-state index is -3.55. The molecule has 0 unspecified atom stereocenters. The van der Waals surface area contributed by atoms with E-state index in [1.165, 1.54) is 19.3 Å². The standard InChI is InChI=1S/C17H16N4O5S2/c1-4-5-11-6-10(8-13(26-2)14(11)22)7-12(9-18)15(23)19-16-20-21-17(27-16)28(3,24)25/h4,6-8,22H,1,5H2,2-3H3,(H,19,20,23)/b12-7-. The van der Waals surface area contributed by atoms with Crippen LogP contribution in [0.3, 0.4) is 0 Å². The zero-order valence-electron chi connectivity index (χ0n) is 15.0. The zero-order valence-corrected chi connectivity index (χ0v) is 16.6. The first-order valence-electron chi connectivity index (χ1n) is 7.67. The summed E-state index contributed by atoms with van der Waals surface area (Å²) in [5, 5.41) is 28.8. The van der Waals surface area contributed by atoms with Gasteiger partial charge in [-0.05, 0) is 30.2 Å².